The van der Waals surface area contributed by atoms with Crippen LogP contribution in [-0.2, 0) is 0 Å². The molecular formula is C15H21FN2. The number of hydrogen-bond acceptors (Lipinski definition) is 2. The summed E-state index contributed by atoms with van der Waals surface area (Å²) < 4.78 is 14.0. The Morgan fingerprint density at radius 3 is 2.78 bits per heavy atom. The minimum atomic E-state index is -0.0787. The minimum Gasteiger partial charge on any atom is -0.366 e. The molecule has 3 heteroatoms. The van der Waals surface area contributed by atoms with Crippen molar-refractivity contribution in [1.29, 1.82) is 0 Å². The van der Waals surface area contributed by atoms with E-state index in [0.717, 1.165) is 30.9 Å². The Morgan fingerprint density at radius 2 is 2.06 bits per heavy atom. The Bertz CT molecular complexity index is 438. The highest BCUT2D eigenvalue weighted by Gasteiger charge is 2.38. The van der Waals surface area contributed by atoms with Gasteiger partial charge >= 0.3 is 0 Å². The number of aryl methyl sites for hydroxylation is 1. The van der Waals surface area contributed by atoms with Crippen molar-refractivity contribution in [2.24, 2.45) is 0 Å². The number of rotatable bonds is 1. The normalized spacial score (nSPS) is 22.7. The summed E-state index contributed by atoms with van der Waals surface area (Å²) in [6, 6.07) is 5.57. The van der Waals surface area contributed by atoms with Gasteiger partial charge in [-0.25, -0.2) is 4.39 Å². The number of piperazine rings is 1. The van der Waals surface area contributed by atoms with Gasteiger partial charge in [0.2, 0.25) is 0 Å². The molecule has 1 saturated heterocycles. The van der Waals surface area contributed by atoms with Gasteiger partial charge in [0.25, 0.3) is 0 Å². The van der Waals surface area contributed by atoms with Crippen LogP contribution in [0.3, 0.4) is 0 Å². The molecule has 1 N–H and O–H groups in total. The molecule has 2 nitrogen and oxygen atoms in total. The Labute approximate surface area is 108 Å². The summed E-state index contributed by atoms with van der Waals surface area (Å²) in [5.41, 5.74) is 2.01. The summed E-state index contributed by atoms with van der Waals surface area (Å²) in [7, 11) is 0. The molecule has 0 atom stereocenters. The van der Waals surface area contributed by atoms with E-state index in [1.807, 2.05) is 19.1 Å². The van der Waals surface area contributed by atoms with Crippen LogP contribution >= 0.6 is 0 Å². The summed E-state index contributed by atoms with van der Waals surface area (Å²) in [5, 5.41) is 3.66. The Balaban J connectivity index is 1.83. The molecule has 0 amide bonds. The van der Waals surface area contributed by atoms with Crippen LogP contribution in [0.25, 0.3) is 0 Å². The monoisotopic (exact) mass is 248 g/mol. The zero-order valence-electron chi connectivity index (χ0n) is 11.0. The van der Waals surface area contributed by atoms with Crippen LogP contribution in [0.4, 0.5) is 10.1 Å². The summed E-state index contributed by atoms with van der Waals surface area (Å²) in [6.07, 6.45) is 5.07. The number of benzene rings is 1. The van der Waals surface area contributed by atoms with Gasteiger partial charge in [0, 0.05) is 25.2 Å². The Hall–Kier alpha value is -1.09. The van der Waals surface area contributed by atoms with E-state index >= 15 is 0 Å². The van der Waals surface area contributed by atoms with Gasteiger partial charge < -0.3 is 10.2 Å². The quantitative estimate of drug-likeness (QED) is 0.822. The molecule has 1 spiro atoms. The molecule has 2 fully saturated rings. The smallest absolute Gasteiger partial charge is 0.146 e. The Morgan fingerprint density at radius 1 is 1.28 bits per heavy atom. The number of nitrogens with zero attached hydrogens (tertiary/aromatic N) is 1. The van der Waals surface area contributed by atoms with Crippen LogP contribution in [0.2, 0.25) is 0 Å². The van der Waals surface area contributed by atoms with Crippen molar-refractivity contribution in [3.8, 4) is 0 Å². The first-order valence-electron chi connectivity index (χ1n) is 6.95. The Kier molecular flexibility index (Phi) is 3.02. The zero-order valence-corrected chi connectivity index (χ0v) is 11.0. The second kappa shape index (κ2) is 4.54. The number of nitrogens with one attached hydrogen (secondary N) is 1. The highest BCUT2D eigenvalue weighted by atomic mass is 19.1. The fraction of sp³-hybridized carbons (Fsp3) is 0.600. The van der Waals surface area contributed by atoms with Crippen molar-refractivity contribution >= 4 is 5.69 Å². The average molecular weight is 248 g/mol. The molecule has 0 radical (unpaired) electrons. The van der Waals surface area contributed by atoms with Gasteiger partial charge in [-0.1, -0.05) is 18.9 Å². The summed E-state index contributed by atoms with van der Waals surface area (Å²) in [4.78, 5) is 2.22. The molecule has 0 unspecified atom stereocenters. The molecule has 1 aliphatic carbocycles. The molecule has 18 heavy (non-hydrogen) atoms. The van der Waals surface area contributed by atoms with Gasteiger partial charge in [0.15, 0.2) is 0 Å². The van der Waals surface area contributed by atoms with E-state index in [4.69, 9.17) is 0 Å². The lowest BCUT2D eigenvalue weighted by Gasteiger charge is -2.42. The van der Waals surface area contributed by atoms with Crippen molar-refractivity contribution in [3.05, 3.63) is 29.6 Å². The van der Waals surface area contributed by atoms with Crippen molar-refractivity contribution in [3.63, 3.8) is 0 Å². The number of halogens is 1. The van der Waals surface area contributed by atoms with Crippen molar-refractivity contribution in [2.75, 3.05) is 24.5 Å². The van der Waals surface area contributed by atoms with E-state index in [0.29, 0.717) is 0 Å². The van der Waals surface area contributed by atoms with Crippen LogP contribution in [0.15, 0.2) is 18.2 Å². The second-order valence-electron chi connectivity index (χ2n) is 5.79. The molecular weight excluding hydrogens is 227 g/mol. The molecule has 98 valence electrons. The third kappa shape index (κ3) is 2.12. The van der Waals surface area contributed by atoms with Gasteiger partial charge in [-0.2, -0.15) is 0 Å². The second-order valence-corrected chi connectivity index (χ2v) is 5.79. The van der Waals surface area contributed by atoms with Crippen LogP contribution in [0, 0.1) is 12.7 Å². The van der Waals surface area contributed by atoms with Crippen molar-refractivity contribution < 1.29 is 4.39 Å². The van der Waals surface area contributed by atoms with E-state index in [9.17, 15) is 4.39 Å². The molecule has 1 aromatic carbocycles. The van der Waals surface area contributed by atoms with Gasteiger partial charge in [-0.15, -0.1) is 0 Å². The van der Waals surface area contributed by atoms with Gasteiger partial charge in [-0.3, -0.25) is 0 Å². The molecule has 1 heterocycles. The third-order valence-corrected chi connectivity index (χ3v) is 4.38. The van der Waals surface area contributed by atoms with Crippen LogP contribution in [-0.4, -0.2) is 25.2 Å². The number of anilines is 1. The highest BCUT2D eigenvalue weighted by molar-refractivity contribution is 5.50. The fourth-order valence-electron chi connectivity index (χ4n) is 3.42. The predicted molar refractivity (Wildman–Crippen MR) is 72.6 cm³/mol. The van der Waals surface area contributed by atoms with E-state index in [1.165, 1.54) is 25.7 Å². The van der Waals surface area contributed by atoms with Crippen LogP contribution < -0.4 is 10.2 Å². The standard InChI is InChI=1S/C15H21FN2/c1-12-4-5-14(13(16)10-12)18-9-8-17-15(11-18)6-2-3-7-15/h4-5,10,17H,2-3,6-9,11H2,1H3. The average Bonchev–Trinajstić information content (AvgIpc) is 2.77. The first-order chi connectivity index (χ1) is 8.69. The van der Waals surface area contributed by atoms with E-state index in [1.54, 1.807) is 6.07 Å². The first-order valence-corrected chi connectivity index (χ1v) is 6.95. The molecule has 0 bridgehead atoms. The summed E-state index contributed by atoms with van der Waals surface area (Å²) in [6.45, 7) is 4.76. The SMILES string of the molecule is Cc1ccc(N2CCNC3(CCCC3)C2)c(F)c1. The zero-order chi connectivity index (χ0) is 12.6. The van der Waals surface area contributed by atoms with Gasteiger partial charge in [0.1, 0.15) is 5.82 Å². The molecule has 0 aromatic heterocycles. The molecule has 3 rings (SSSR count). The maximum atomic E-state index is 14.0. The molecule has 1 aromatic rings. The summed E-state index contributed by atoms with van der Waals surface area (Å²) in [5.74, 6) is -0.0787. The fourth-order valence-corrected chi connectivity index (χ4v) is 3.42. The maximum Gasteiger partial charge on any atom is 0.146 e. The molecule has 2 aliphatic rings. The predicted octanol–water partition coefficient (Wildman–Crippen LogP) is 2.86. The minimum absolute atomic E-state index is 0.0787. The topological polar surface area (TPSA) is 15.3 Å². The van der Waals surface area contributed by atoms with Crippen LogP contribution in [0.5, 0.6) is 0 Å². The lowest BCUT2D eigenvalue weighted by molar-refractivity contribution is 0.302. The third-order valence-electron chi connectivity index (χ3n) is 4.38. The maximum absolute atomic E-state index is 14.0. The van der Waals surface area contributed by atoms with Crippen molar-refractivity contribution in [2.45, 2.75) is 38.1 Å². The largest absolute Gasteiger partial charge is 0.366 e. The lowest BCUT2D eigenvalue weighted by atomic mass is 9.94. The molecule has 1 saturated carbocycles. The first kappa shape index (κ1) is 12.0. The van der Waals surface area contributed by atoms with Gasteiger partial charge in [-0.05, 0) is 37.5 Å². The van der Waals surface area contributed by atoms with E-state index < -0.39 is 0 Å². The van der Waals surface area contributed by atoms with E-state index in [2.05, 4.69) is 10.2 Å². The lowest BCUT2D eigenvalue weighted by Crippen LogP contribution is -2.59. The summed E-state index contributed by atoms with van der Waals surface area (Å²) >= 11 is 0. The van der Waals surface area contributed by atoms with Crippen molar-refractivity contribution in [1.82, 2.24) is 5.32 Å². The van der Waals surface area contributed by atoms with Gasteiger partial charge in [0.05, 0.1) is 5.69 Å². The van der Waals surface area contributed by atoms with Crippen LogP contribution in [0.1, 0.15) is 31.2 Å². The molecule has 1 aliphatic heterocycles. The highest BCUT2D eigenvalue weighted by Crippen LogP contribution is 2.34. The number of hydrogen-bond donors (Lipinski definition) is 1. The van der Waals surface area contributed by atoms with E-state index in [-0.39, 0.29) is 11.4 Å².